The lowest BCUT2D eigenvalue weighted by Crippen LogP contribution is -2.57. The smallest absolute Gasteiger partial charge is 0.313 e. The number of esters is 1. The number of allylic oxidation sites excluding steroid dienone is 1. The third kappa shape index (κ3) is 6.09. The van der Waals surface area contributed by atoms with Gasteiger partial charge in [0.2, 0.25) is 11.8 Å². The zero-order valence-corrected chi connectivity index (χ0v) is 26.6. The van der Waals surface area contributed by atoms with Crippen molar-refractivity contribution in [3.8, 4) is 0 Å². The lowest BCUT2D eigenvalue weighted by Gasteiger charge is -2.36. The van der Waals surface area contributed by atoms with Gasteiger partial charge in [0.1, 0.15) is 17.7 Å². The number of nitrogens with zero attached hydrogens (tertiary/aromatic N) is 2. The van der Waals surface area contributed by atoms with Gasteiger partial charge in [-0.05, 0) is 43.9 Å². The Morgan fingerprint density at radius 2 is 1.89 bits per heavy atom. The molecule has 7 atom stereocenters. The van der Waals surface area contributed by atoms with Crippen LogP contribution in [0.3, 0.4) is 0 Å². The standard InChI is InChI=1S/C35H40ClN3O7/c1-4-6-16-27(41)37-22(3)30(23-12-8-7-9-13-23)45-34(44)28-26-17-18-35(46-26)29(28)32(42)39(20-21-40)31(35)33(43)38(19-5-2)25-15-11-10-14-24(25)36/h4-5,7-15,22,26,28-31,40H,1-2,6,16-21H2,3H3,(H,37,41)/t22-,26-,28+,29+,30-,31-,35+/m1/s1. The molecule has 1 spiro atoms. The number of carbonyl (C=O) groups is 4. The molecule has 3 fully saturated rings. The third-order valence-corrected chi connectivity index (χ3v) is 9.48. The van der Waals surface area contributed by atoms with Crippen LogP contribution in [0.2, 0.25) is 5.02 Å². The quantitative estimate of drug-likeness (QED) is 0.234. The summed E-state index contributed by atoms with van der Waals surface area (Å²) in [5.41, 5.74) is -0.173. The molecule has 0 aliphatic carbocycles. The minimum absolute atomic E-state index is 0.116. The summed E-state index contributed by atoms with van der Waals surface area (Å²) in [7, 11) is 0. The number of hydrogen-bond donors (Lipinski definition) is 2. The topological polar surface area (TPSA) is 125 Å². The number of rotatable bonds is 14. The predicted octanol–water partition coefficient (Wildman–Crippen LogP) is 3.98. The fourth-order valence-electron chi connectivity index (χ4n) is 7.24. The van der Waals surface area contributed by atoms with Crippen LogP contribution in [0.4, 0.5) is 5.69 Å². The second-order valence-corrected chi connectivity index (χ2v) is 12.4. The highest BCUT2D eigenvalue weighted by Crippen LogP contribution is 2.59. The molecule has 11 heteroatoms. The first-order chi connectivity index (χ1) is 22.2. The number of para-hydroxylation sites is 1. The SMILES string of the molecule is C=CCCC(=O)N[C@H](C)[C@@H](OC(=O)[C@@H]1[C@H]2C(=O)N(CCO)[C@H](C(=O)N(CC=C)c3ccccc3Cl)[C@]23CC[C@H]1O3)c1ccccc1. The first-order valence-corrected chi connectivity index (χ1v) is 16.0. The van der Waals surface area contributed by atoms with Gasteiger partial charge in [-0.2, -0.15) is 0 Å². The summed E-state index contributed by atoms with van der Waals surface area (Å²) in [5.74, 6) is -3.72. The zero-order chi connectivity index (χ0) is 33.0. The summed E-state index contributed by atoms with van der Waals surface area (Å²) in [6, 6.07) is 14.3. The molecule has 5 rings (SSSR count). The fraction of sp³-hybridized carbons (Fsp3) is 0.429. The number of hydrogen-bond acceptors (Lipinski definition) is 7. The normalized spacial score (nSPS) is 25.8. The maximum atomic E-state index is 14.5. The highest BCUT2D eigenvalue weighted by Gasteiger charge is 2.75. The van der Waals surface area contributed by atoms with Gasteiger partial charge in [0.05, 0.1) is 41.3 Å². The van der Waals surface area contributed by atoms with Gasteiger partial charge in [-0.25, -0.2) is 0 Å². The lowest BCUT2D eigenvalue weighted by molar-refractivity contribution is -0.162. The van der Waals surface area contributed by atoms with Gasteiger partial charge >= 0.3 is 5.97 Å². The first-order valence-electron chi connectivity index (χ1n) is 15.6. The van der Waals surface area contributed by atoms with E-state index in [0.717, 1.165) is 0 Å². The number of fused-ring (bicyclic) bond motifs is 1. The summed E-state index contributed by atoms with van der Waals surface area (Å²) >= 11 is 6.49. The number of benzene rings is 2. The molecule has 2 N–H and O–H groups in total. The molecule has 2 aromatic rings. The van der Waals surface area contributed by atoms with E-state index >= 15 is 0 Å². The van der Waals surface area contributed by atoms with E-state index in [1.165, 1.54) is 9.80 Å². The van der Waals surface area contributed by atoms with Gasteiger partial charge in [0, 0.05) is 19.5 Å². The molecule has 0 aromatic heterocycles. The van der Waals surface area contributed by atoms with Crippen LogP contribution in [0.15, 0.2) is 79.9 Å². The average Bonchev–Trinajstić information content (AvgIpc) is 3.69. The van der Waals surface area contributed by atoms with Crippen molar-refractivity contribution < 1.29 is 33.8 Å². The number of anilines is 1. The Kier molecular flexibility index (Phi) is 10.3. The van der Waals surface area contributed by atoms with E-state index in [9.17, 15) is 24.3 Å². The minimum Gasteiger partial charge on any atom is -0.455 e. The van der Waals surface area contributed by atoms with Crippen molar-refractivity contribution in [1.82, 2.24) is 10.2 Å². The molecule has 0 unspecified atom stereocenters. The Labute approximate surface area is 274 Å². The Morgan fingerprint density at radius 1 is 1.17 bits per heavy atom. The van der Waals surface area contributed by atoms with Crippen molar-refractivity contribution in [1.29, 1.82) is 0 Å². The number of carbonyl (C=O) groups excluding carboxylic acids is 4. The Morgan fingerprint density at radius 3 is 2.57 bits per heavy atom. The van der Waals surface area contributed by atoms with E-state index in [1.807, 2.05) is 30.3 Å². The number of aliphatic hydroxyl groups excluding tert-OH is 1. The van der Waals surface area contributed by atoms with Crippen molar-refractivity contribution in [3.05, 3.63) is 90.5 Å². The minimum atomic E-state index is -1.30. The highest BCUT2D eigenvalue weighted by atomic mass is 35.5. The van der Waals surface area contributed by atoms with Gasteiger partial charge < -0.3 is 29.7 Å². The van der Waals surface area contributed by atoms with E-state index in [1.54, 1.807) is 43.3 Å². The van der Waals surface area contributed by atoms with Crippen molar-refractivity contribution in [3.63, 3.8) is 0 Å². The molecule has 2 aromatic carbocycles. The largest absolute Gasteiger partial charge is 0.455 e. The van der Waals surface area contributed by atoms with Crippen LogP contribution >= 0.6 is 11.6 Å². The molecule has 3 aliphatic heterocycles. The van der Waals surface area contributed by atoms with Crippen LogP contribution in [0.25, 0.3) is 0 Å². The molecule has 3 heterocycles. The Bertz CT molecular complexity index is 1490. The average molecular weight is 650 g/mol. The van der Waals surface area contributed by atoms with Crippen molar-refractivity contribution in [2.24, 2.45) is 11.8 Å². The number of halogens is 1. The Hall–Kier alpha value is -3.99. The summed E-state index contributed by atoms with van der Waals surface area (Å²) in [6.07, 6.45) is 3.30. The van der Waals surface area contributed by atoms with Crippen LogP contribution in [0, 0.1) is 11.8 Å². The second-order valence-electron chi connectivity index (χ2n) is 12.0. The molecule has 2 bridgehead atoms. The molecular weight excluding hydrogens is 610 g/mol. The number of ether oxygens (including phenoxy) is 2. The summed E-state index contributed by atoms with van der Waals surface area (Å²) in [6.45, 7) is 8.84. The number of likely N-dealkylation sites (tertiary alicyclic amines) is 1. The van der Waals surface area contributed by atoms with Crippen molar-refractivity contribution >= 4 is 41.0 Å². The highest BCUT2D eigenvalue weighted by molar-refractivity contribution is 6.34. The second kappa shape index (κ2) is 14.2. The van der Waals surface area contributed by atoms with Gasteiger partial charge in [0.25, 0.3) is 5.91 Å². The molecule has 46 heavy (non-hydrogen) atoms. The van der Waals surface area contributed by atoms with Gasteiger partial charge in [-0.15, -0.1) is 13.2 Å². The molecule has 10 nitrogen and oxygen atoms in total. The number of nitrogens with one attached hydrogen (secondary N) is 1. The van der Waals surface area contributed by atoms with Crippen molar-refractivity contribution in [2.45, 2.75) is 62.5 Å². The van der Waals surface area contributed by atoms with Crippen LogP contribution in [-0.2, 0) is 28.7 Å². The summed E-state index contributed by atoms with van der Waals surface area (Å²) < 4.78 is 12.7. The van der Waals surface area contributed by atoms with E-state index in [0.29, 0.717) is 35.5 Å². The van der Waals surface area contributed by atoms with Crippen LogP contribution in [0.1, 0.15) is 44.3 Å². The molecule has 3 amide bonds. The van der Waals surface area contributed by atoms with E-state index in [-0.39, 0.29) is 32.0 Å². The molecule has 0 saturated carbocycles. The maximum Gasteiger partial charge on any atom is 0.313 e. The van der Waals surface area contributed by atoms with Crippen LogP contribution in [0.5, 0.6) is 0 Å². The van der Waals surface area contributed by atoms with Crippen LogP contribution < -0.4 is 10.2 Å². The predicted molar refractivity (Wildman–Crippen MR) is 173 cm³/mol. The van der Waals surface area contributed by atoms with E-state index < -0.39 is 59.5 Å². The number of β-amino-alcohol motifs (C(OH)–C–C–N with tert-alkyl or cyclic N) is 1. The van der Waals surface area contributed by atoms with Crippen molar-refractivity contribution in [2.75, 3.05) is 24.6 Å². The van der Waals surface area contributed by atoms with Crippen LogP contribution in [-0.4, -0.2) is 77.2 Å². The summed E-state index contributed by atoms with van der Waals surface area (Å²) in [4.78, 5) is 58.1. The van der Waals surface area contributed by atoms with E-state index in [2.05, 4.69) is 18.5 Å². The number of aliphatic hydroxyl groups is 1. The van der Waals surface area contributed by atoms with E-state index in [4.69, 9.17) is 21.1 Å². The third-order valence-electron chi connectivity index (χ3n) is 9.16. The molecular formula is C35H40ClN3O7. The lowest BCUT2D eigenvalue weighted by atomic mass is 9.70. The van der Waals surface area contributed by atoms with Gasteiger partial charge in [-0.3, -0.25) is 19.2 Å². The zero-order valence-electron chi connectivity index (χ0n) is 25.8. The molecule has 244 valence electrons. The fourth-order valence-corrected chi connectivity index (χ4v) is 7.48. The van der Waals surface area contributed by atoms with Gasteiger partial charge in [-0.1, -0.05) is 66.2 Å². The summed E-state index contributed by atoms with van der Waals surface area (Å²) in [5, 5.41) is 13.2. The molecule has 3 aliphatic rings. The van der Waals surface area contributed by atoms with Gasteiger partial charge in [0.15, 0.2) is 0 Å². The first kappa shape index (κ1) is 33.4. The maximum absolute atomic E-state index is 14.5. The number of amides is 3. The monoisotopic (exact) mass is 649 g/mol. The molecule has 0 radical (unpaired) electrons. The Balaban J connectivity index is 1.46. The molecule has 3 saturated heterocycles.